The van der Waals surface area contributed by atoms with Gasteiger partial charge in [0.2, 0.25) is 5.89 Å². The molecule has 180 valence electrons. The van der Waals surface area contributed by atoms with Crippen molar-refractivity contribution in [3.63, 3.8) is 0 Å². The van der Waals surface area contributed by atoms with Crippen molar-refractivity contribution in [3.8, 4) is 28.5 Å². The Morgan fingerprint density at radius 2 is 1.78 bits per heavy atom. The number of carbonyl (C=O) groups is 1. The van der Waals surface area contributed by atoms with Gasteiger partial charge in [-0.05, 0) is 79.3 Å². The minimum Gasteiger partial charge on any atom is -0.507 e. The normalized spacial score (nSPS) is 11.0. The van der Waals surface area contributed by atoms with Crippen molar-refractivity contribution in [2.45, 2.75) is 6.92 Å². The Kier molecular flexibility index (Phi) is 6.40. The highest BCUT2D eigenvalue weighted by molar-refractivity contribution is 7.80. The first-order chi connectivity index (χ1) is 17.3. The predicted molar refractivity (Wildman–Crippen MR) is 144 cm³/mol. The molecule has 0 aliphatic heterocycles. The number of phenolic OH excluding ortho intramolecular Hbond substituents is 1. The fourth-order valence-electron chi connectivity index (χ4n) is 3.56. The zero-order chi connectivity index (χ0) is 25.4. The highest BCUT2D eigenvalue weighted by atomic mass is 35.5. The number of aromatic hydroxyl groups is 1. The molecule has 36 heavy (non-hydrogen) atoms. The quantitative estimate of drug-likeness (QED) is 0.208. The number of furan rings is 1. The van der Waals surface area contributed by atoms with Gasteiger partial charge in [0.1, 0.15) is 17.0 Å². The monoisotopic (exact) mass is 537 g/mol. The molecule has 0 bridgehead atoms. The van der Waals surface area contributed by atoms with E-state index in [1.165, 1.54) is 12.1 Å². The molecular weight excluding hydrogens is 521 g/mol. The van der Waals surface area contributed by atoms with Crippen LogP contribution in [0.3, 0.4) is 0 Å². The zero-order valence-electron chi connectivity index (χ0n) is 18.6. The van der Waals surface area contributed by atoms with Gasteiger partial charge in [0.15, 0.2) is 16.5 Å². The molecule has 0 unspecified atom stereocenters. The molecule has 5 aromatic rings. The number of benzene rings is 3. The van der Waals surface area contributed by atoms with Crippen LogP contribution >= 0.6 is 35.4 Å². The highest BCUT2D eigenvalue weighted by Crippen LogP contribution is 2.34. The number of nitrogens with one attached hydrogen (secondary N) is 2. The second-order valence-corrected chi connectivity index (χ2v) is 9.17. The molecule has 0 radical (unpaired) electrons. The second-order valence-electron chi connectivity index (χ2n) is 7.92. The summed E-state index contributed by atoms with van der Waals surface area (Å²) in [7, 11) is 0. The molecule has 10 heteroatoms. The minimum absolute atomic E-state index is 0.0203. The fourth-order valence-corrected chi connectivity index (χ4v) is 4.27. The molecule has 2 aromatic heterocycles. The van der Waals surface area contributed by atoms with Crippen LogP contribution in [0.15, 0.2) is 75.6 Å². The van der Waals surface area contributed by atoms with E-state index in [1.807, 2.05) is 25.1 Å². The second kappa shape index (κ2) is 9.66. The molecular formula is C26H17Cl2N3O4S. The number of aromatic nitrogens is 1. The SMILES string of the molecule is Cc1ccc2nc(-c3ccc(NC(=S)NC(=O)c4ccc(-c5ccc(Cl)cc5Cl)o4)cc3O)oc2c1. The van der Waals surface area contributed by atoms with Gasteiger partial charge in [0.05, 0.1) is 10.6 Å². The van der Waals surface area contributed by atoms with Crippen LogP contribution in [0.2, 0.25) is 10.0 Å². The number of fused-ring (bicyclic) bond motifs is 1. The summed E-state index contributed by atoms with van der Waals surface area (Å²) in [5.74, 6) is 0.143. The van der Waals surface area contributed by atoms with Crippen molar-refractivity contribution in [2.75, 3.05) is 5.32 Å². The fraction of sp³-hybridized carbons (Fsp3) is 0.0385. The number of nitrogens with zero attached hydrogens (tertiary/aromatic N) is 1. The van der Waals surface area contributed by atoms with Gasteiger partial charge in [-0.2, -0.15) is 0 Å². The van der Waals surface area contributed by atoms with E-state index in [-0.39, 0.29) is 16.6 Å². The van der Waals surface area contributed by atoms with E-state index in [9.17, 15) is 9.90 Å². The van der Waals surface area contributed by atoms with E-state index in [1.54, 1.807) is 36.4 Å². The molecule has 0 saturated carbocycles. The van der Waals surface area contributed by atoms with Gasteiger partial charge < -0.3 is 19.3 Å². The van der Waals surface area contributed by atoms with Crippen LogP contribution in [0.1, 0.15) is 16.1 Å². The maximum absolute atomic E-state index is 12.6. The van der Waals surface area contributed by atoms with Crippen LogP contribution in [0.5, 0.6) is 5.75 Å². The molecule has 7 nitrogen and oxygen atoms in total. The first kappa shape index (κ1) is 23.9. The maximum Gasteiger partial charge on any atom is 0.293 e. The zero-order valence-corrected chi connectivity index (χ0v) is 21.0. The molecule has 0 spiro atoms. The average molecular weight is 538 g/mol. The molecule has 0 atom stereocenters. The van der Waals surface area contributed by atoms with Crippen molar-refractivity contribution in [1.29, 1.82) is 0 Å². The van der Waals surface area contributed by atoms with Crippen molar-refractivity contribution in [3.05, 3.63) is 88.1 Å². The molecule has 0 aliphatic carbocycles. The van der Waals surface area contributed by atoms with Crippen LogP contribution in [0, 0.1) is 6.92 Å². The smallest absolute Gasteiger partial charge is 0.293 e. The number of oxazole rings is 1. The molecule has 5 rings (SSSR count). The number of rotatable bonds is 4. The lowest BCUT2D eigenvalue weighted by atomic mass is 10.2. The van der Waals surface area contributed by atoms with Crippen LogP contribution in [-0.4, -0.2) is 21.1 Å². The summed E-state index contributed by atoms with van der Waals surface area (Å²) >= 11 is 17.4. The molecule has 0 saturated heterocycles. The Morgan fingerprint density at radius 3 is 2.56 bits per heavy atom. The summed E-state index contributed by atoms with van der Waals surface area (Å²) in [6.07, 6.45) is 0. The number of halogens is 2. The number of phenols is 1. The van der Waals surface area contributed by atoms with Gasteiger partial charge in [-0.3, -0.25) is 10.1 Å². The van der Waals surface area contributed by atoms with E-state index in [4.69, 9.17) is 44.3 Å². The number of amides is 1. The summed E-state index contributed by atoms with van der Waals surface area (Å²) in [4.78, 5) is 17.0. The number of thiocarbonyl (C=S) groups is 1. The number of carbonyl (C=O) groups excluding carboxylic acids is 1. The molecule has 0 aliphatic rings. The Bertz CT molecular complexity index is 1640. The summed E-state index contributed by atoms with van der Waals surface area (Å²) in [5, 5.41) is 16.9. The van der Waals surface area contributed by atoms with Gasteiger partial charge in [-0.1, -0.05) is 29.3 Å². The van der Waals surface area contributed by atoms with Gasteiger partial charge in [0, 0.05) is 22.3 Å². The highest BCUT2D eigenvalue weighted by Gasteiger charge is 2.17. The van der Waals surface area contributed by atoms with Crippen LogP contribution in [0.25, 0.3) is 33.9 Å². The van der Waals surface area contributed by atoms with E-state index in [2.05, 4.69) is 15.6 Å². The van der Waals surface area contributed by atoms with Crippen LogP contribution < -0.4 is 10.6 Å². The van der Waals surface area contributed by atoms with E-state index in [0.717, 1.165) is 5.56 Å². The van der Waals surface area contributed by atoms with Crippen molar-refractivity contribution in [2.24, 2.45) is 0 Å². The van der Waals surface area contributed by atoms with E-state index < -0.39 is 5.91 Å². The number of anilines is 1. The lowest BCUT2D eigenvalue weighted by Gasteiger charge is -2.10. The molecule has 0 fully saturated rings. The first-order valence-electron chi connectivity index (χ1n) is 10.6. The van der Waals surface area contributed by atoms with Crippen molar-refractivity contribution in [1.82, 2.24) is 10.3 Å². The maximum atomic E-state index is 12.6. The molecule has 2 heterocycles. The van der Waals surface area contributed by atoms with E-state index in [0.29, 0.717) is 49.6 Å². The van der Waals surface area contributed by atoms with Gasteiger partial charge in [-0.15, -0.1) is 0 Å². The van der Waals surface area contributed by atoms with Gasteiger partial charge in [0.25, 0.3) is 5.91 Å². The lowest BCUT2D eigenvalue weighted by Crippen LogP contribution is -2.33. The summed E-state index contributed by atoms with van der Waals surface area (Å²) in [5.41, 5.74) is 3.86. The molecule has 3 N–H and O–H groups in total. The van der Waals surface area contributed by atoms with Gasteiger partial charge >= 0.3 is 0 Å². The van der Waals surface area contributed by atoms with E-state index >= 15 is 0 Å². The van der Waals surface area contributed by atoms with Crippen LogP contribution in [0.4, 0.5) is 5.69 Å². The van der Waals surface area contributed by atoms with Crippen molar-refractivity contribution < 1.29 is 18.7 Å². The van der Waals surface area contributed by atoms with Gasteiger partial charge in [-0.25, -0.2) is 4.98 Å². The third-order valence-electron chi connectivity index (χ3n) is 5.28. The minimum atomic E-state index is -0.550. The third kappa shape index (κ3) is 4.92. The molecule has 1 amide bonds. The Balaban J connectivity index is 1.26. The number of aryl methyl sites for hydroxylation is 1. The lowest BCUT2D eigenvalue weighted by molar-refractivity contribution is 0.0951. The third-order valence-corrected chi connectivity index (χ3v) is 6.04. The standard InChI is InChI=1S/C26H17Cl2N3O4S/c1-13-2-7-19-23(10-13)35-25(30-19)17-6-4-15(12-20(17)32)29-26(36)31-24(33)22-9-8-21(34-22)16-5-3-14(27)11-18(16)28/h2-12,32H,1H3,(H2,29,31,33,36). The Morgan fingerprint density at radius 1 is 0.972 bits per heavy atom. The number of hydrogen-bond donors (Lipinski definition) is 3. The Hall–Kier alpha value is -3.85. The largest absolute Gasteiger partial charge is 0.507 e. The first-order valence-corrected chi connectivity index (χ1v) is 11.8. The summed E-state index contributed by atoms with van der Waals surface area (Å²) in [6.45, 7) is 1.96. The predicted octanol–water partition coefficient (Wildman–Crippen LogP) is 7.20. The topological polar surface area (TPSA) is 101 Å². The number of hydrogen-bond acceptors (Lipinski definition) is 6. The van der Waals surface area contributed by atoms with Crippen molar-refractivity contribution >= 4 is 63.2 Å². The average Bonchev–Trinajstić information content (AvgIpc) is 3.46. The van der Waals surface area contributed by atoms with Crippen LogP contribution in [-0.2, 0) is 0 Å². The summed E-state index contributed by atoms with van der Waals surface area (Å²) < 4.78 is 11.4. The summed E-state index contributed by atoms with van der Waals surface area (Å²) in [6, 6.07) is 18.6. The Labute approximate surface area is 220 Å². The molecule has 3 aromatic carbocycles.